The van der Waals surface area contributed by atoms with E-state index in [4.69, 9.17) is 9.52 Å². The number of sulfonamides is 1. The lowest BCUT2D eigenvalue weighted by molar-refractivity contribution is 0.245. The van der Waals surface area contributed by atoms with Gasteiger partial charge in [0.1, 0.15) is 29.4 Å². The number of aliphatic hydroxyl groups is 1. The Labute approximate surface area is 111 Å². The molecule has 2 heterocycles. The average molecular weight is 337 g/mol. The van der Waals surface area contributed by atoms with Gasteiger partial charge in [-0.15, -0.1) is 0 Å². The van der Waals surface area contributed by atoms with Gasteiger partial charge < -0.3 is 9.52 Å². The number of nitrogens with zero attached hydrogens (tertiary/aromatic N) is 2. The Hall–Kier alpha value is -1.23. The molecule has 0 saturated carbocycles. The van der Waals surface area contributed by atoms with Crippen LogP contribution in [0.4, 0.5) is 0 Å². The zero-order valence-electron chi connectivity index (χ0n) is 8.92. The second-order valence-electron chi connectivity index (χ2n) is 3.27. The van der Waals surface area contributed by atoms with Crippen LogP contribution < -0.4 is 4.72 Å². The number of aromatic nitrogens is 3. The molecular weight excluding hydrogens is 328 g/mol. The molecule has 8 nitrogen and oxygen atoms in total. The lowest BCUT2D eigenvalue weighted by Gasteiger charge is -2.02. The maximum Gasteiger partial charge on any atom is 0.245 e. The van der Waals surface area contributed by atoms with E-state index in [1.165, 1.54) is 12.4 Å². The first kappa shape index (κ1) is 13.2. The van der Waals surface area contributed by atoms with E-state index >= 15 is 0 Å². The van der Waals surface area contributed by atoms with Crippen molar-refractivity contribution >= 4 is 26.0 Å². The lowest BCUT2D eigenvalue weighted by atomic mass is 10.5. The summed E-state index contributed by atoms with van der Waals surface area (Å²) in [5, 5.41) is 15.0. The standard InChI is InChI=1S/C8H9BrN4O4S/c9-8-6(1-5(3-14)17-8)18(15,16)12-2-7-10-4-11-13-7/h1,4,12,14H,2-3H2,(H,10,11,13). The van der Waals surface area contributed by atoms with Crippen molar-refractivity contribution in [3.05, 3.63) is 28.6 Å². The van der Waals surface area contributed by atoms with E-state index in [-0.39, 0.29) is 28.5 Å². The fraction of sp³-hybridized carbons (Fsp3) is 0.250. The van der Waals surface area contributed by atoms with E-state index in [2.05, 4.69) is 35.8 Å². The minimum Gasteiger partial charge on any atom is -0.450 e. The quantitative estimate of drug-likeness (QED) is 0.713. The van der Waals surface area contributed by atoms with Gasteiger partial charge in [-0.25, -0.2) is 18.1 Å². The molecular formula is C8H9BrN4O4S. The predicted octanol–water partition coefficient (Wildman–Crippen LogP) is 0.131. The molecule has 0 aliphatic carbocycles. The van der Waals surface area contributed by atoms with Crippen molar-refractivity contribution in [2.75, 3.05) is 0 Å². The summed E-state index contributed by atoms with van der Waals surface area (Å²) in [6, 6.07) is 1.24. The maximum atomic E-state index is 11.9. The van der Waals surface area contributed by atoms with Gasteiger partial charge in [0, 0.05) is 6.07 Å². The molecule has 0 atom stereocenters. The number of furan rings is 1. The normalized spacial score (nSPS) is 11.9. The Morgan fingerprint density at radius 1 is 1.56 bits per heavy atom. The third-order valence-electron chi connectivity index (χ3n) is 2.05. The van der Waals surface area contributed by atoms with E-state index in [1.54, 1.807) is 0 Å². The van der Waals surface area contributed by atoms with E-state index in [1.807, 2.05) is 0 Å². The van der Waals surface area contributed by atoms with Gasteiger partial charge in [-0.1, -0.05) is 0 Å². The number of hydrogen-bond acceptors (Lipinski definition) is 6. The highest BCUT2D eigenvalue weighted by Gasteiger charge is 2.22. The summed E-state index contributed by atoms with van der Waals surface area (Å²) in [6.07, 6.45) is 1.28. The van der Waals surface area contributed by atoms with Gasteiger partial charge in [-0.2, -0.15) is 5.10 Å². The van der Waals surface area contributed by atoms with Crippen LogP contribution in [0.15, 0.2) is 26.4 Å². The summed E-state index contributed by atoms with van der Waals surface area (Å²) in [5.74, 6) is 0.544. The maximum absolute atomic E-state index is 11.9. The SMILES string of the molecule is O=S(=O)(NCc1ncn[nH]1)c1cc(CO)oc1Br. The third kappa shape index (κ3) is 2.77. The van der Waals surface area contributed by atoms with Crippen LogP contribution in [0.2, 0.25) is 0 Å². The molecule has 2 rings (SSSR count). The molecule has 3 N–H and O–H groups in total. The number of aliphatic hydroxyl groups excluding tert-OH is 1. The molecule has 0 aliphatic rings. The molecule has 0 aliphatic heterocycles. The highest BCUT2D eigenvalue weighted by Crippen LogP contribution is 2.26. The van der Waals surface area contributed by atoms with Crippen molar-refractivity contribution < 1.29 is 17.9 Å². The van der Waals surface area contributed by atoms with Crippen LogP contribution in [0, 0.1) is 0 Å². The fourth-order valence-corrected chi connectivity index (χ4v) is 3.20. The van der Waals surface area contributed by atoms with Gasteiger partial charge in [-0.3, -0.25) is 5.10 Å². The minimum atomic E-state index is -3.75. The van der Waals surface area contributed by atoms with Crippen LogP contribution in [0.5, 0.6) is 0 Å². The Balaban J connectivity index is 2.17. The summed E-state index contributed by atoms with van der Waals surface area (Å²) in [7, 11) is -3.75. The number of rotatable bonds is 5. The highest BCUT2D eigenvalue weighted by molar-refractivity contribution is 9.10. The summed E-state index contributed by atoms with van der Waals surface area (Å²) >= 11 is 2.98. The summed E-state index contributed by atoms with van der Waals surface area (Å²) < 4.78 is 31.2. The molecule has 10 heteroatoms. The van der Waals surface area contributed by atoms with E-state index in [0.29, 0.717) is 5.82 Å². The minimum absolute atomic E-state index is 0.0194. The summed E-state index contributed by atoms with van der Waals surface area (Å²) in [4.78, 5) is 3.71. The van der Waals surface area contributed by atoms with Crippen LogP contribution >= 0.6 is 15.9 Å². The van der Waals surface area contributed by atoms with Gasteiger partial charge in [0.05, 0.1) is 6.54 Å². The Bertz CT molecular complexity index is 622. The second-order valence-corrected chi connectivity index (χ2v) is 5.72. The molecule has 0 bridgehead atoms. The first-order valence-electron chi connectivity index (χ1n) is 4.76. The molecule has 98 valence electrons. The van der Waals surface area contributed by atoms with Gasteiger partial charge in [-0.05, 0) is 15.9 Å². The van der Waals surface area contributed by atoms with Crippen molar-refractivity contribution in [3.8, 4) is 0 Å². The fourth-order valence-electron chi connectivity index (χ4n) is 1.22. The number of aromatic amines is 1. The van der Waals surface area contributed by atoms with Crippen LogP contribution in [-0.4, -0.2) is 28.7 Å². The highest BCUT2D eigenvalue weighted by atomic mass is 79.9. The largest absolute Gasteiger partial charge is 0.450 e. The number of hydrogen-bond donors (Lipinski definition) is 3. The van der Waals surface area contributed by atoms with Crippen LogP contribution in [-0.2, 0) is 23.2 Å². The third-order valence-corrected chi connectivity index (χ3v) is 4.30. The number of halogens is 1. The molecule has 18 heavy (non-hydrogen) atoms. The first-order chi connectivity index (χ1) is 8.53. The van der Waals surface area contributed by atoms with Crippen molar-refractivity contribution in [1.29, 1.82) is 0 Å². The van der Waals surface area contributed by atoms with Gasteiger partial charge in [0.15, 0.2) is 4.67 Å². The van der Waals surface area contributed by atoms with Crippen molar-refractivity contribution in [1.82, 2.24) is 19.9 Å². The molecule has 0 saturated heterocycles. The summed E-state index contributed by atoms with van der Waals surface area (Å²) in [5.41, 5.74) is 0. The van der Waals surface area contributed by atoms with Gasteiger partial charge in [0.2, 0.25) is 10.0 Å². The Kier molecular flexibility index (Phi) is 3.80. The molecule has 0 radical (unpaired) electrons. The average Bonchev–Trinajstić information content (AvgIpc) is 2.95. The molecule has 0 amide bonds. The van der Waals surface area contributed by atoms with Crippen LogP contribution in [0.3, 0.4) is 0 Å². The smallest absolute Gasteiger partial charge is 0.245 e. The van der Waals surface area contributed by atoms with Gasteiger partial charge >= 0.3 is 0 Å². The number of nitrogens with one attached hydrogen (secondary N) is 2. The summed E-state index contributed by atoms with van der Waals surface area (Å²) in [6.45, 7) is -0.398. The van der Waals surface area contributed by atoms with E-state index in [9.17, 15) is 8.42 Å². The zero-order valence-corrected chi connectivity index (χ0v) is 11.3. The molecule has 0 fully saturated rings. The molecule has 0 aromatic carbocycles. The Morgan fingerprint density at radius 2 is 2.33 bits per heavy atom. The van der Waals surface area contributed by atoms with Crippen molar-refractivity contribution in [2.24, 2.45) is 0 Å². The van der Waals surface area contributed by atoms with Gasteiger partial charge in [0.25, 0.3) is 0 Å². The first-order valence-corrected chi connectivity index (χ1v) is 7.03. The predicted molar refractivity (Wildman–Crippen MR) is 62.7 cm³/mol. The molecule has 2 aromatic rings. The van der Waals surface area contributed by atoms with Crippen molar-refractivity contribution in [3.63, 3.8) is 0 Å². The molecule has 0 unspecified atom stereocenters. The lowest BCUT2D eigenvalue weighted by Crippen LogP contribution is -2.23. The van der Waals surface area contributed by atoms with Crippen molar-refractivity contribution in [2.45, 2.75) is 18.0 Å². The Morgan fingerprint density at radius 3 is 2.89 bits per heavy atom. The van der Waals surface area contributed by atoms with E-state index in [0.717, 1.165) is 0 Å². The van der Waals surface area contributed by atoms with Crippen LogP contribution in [0.1, 0.15) is 11.6 Å². The second kappa shape index (κ2) is 5.18. The molecule has 0 spiro atoms. The molecule has 2 aromatic heterocycles. The monoisotopic (exact) mass is 336 g/mol. The zero-order chi connectivity index (χ0) is 13.2. The van der Waals surface area contributed by atoms with Crippen LogP contribution in [0.25, 0.3) is 0 Å². The topological polar surface area (TPSA) is 121 Å². The van der Waals surface area contributed by atoms with E-state index < -0.39 is 10.0 Å². The number of H-pyrrole nitrogens is 1.